The van der Waals surface area contributed by atoms with E-state index < -0.39 is 11.7 Å². The first-order chi connectivity index (χ1) is 5.52. The van der Waals surface area contributed by atoms with E-state index in [0.717, 1.165) is 5.56 Å². The minimum Gasteiger partial charge on any atom is -0.872 e. The second-order valence-corrected chi connectivity index (χ2v) is 2.76. The Labute approximate surface area is 119 Å². The van der Waals surface area contributed by atoms with E-state index in [4.69, 9.17) is 5.11 Å². The molecule has 0 aliphatic heterocycles. The second-order valence-electron chi connectivity index (χ2n) is 2.76. The van der Waals surface area contributed by atoms with Crippen molar-refractivity contribution < 1.29 is 66.4 Å². The Morgan fingerprint density at radius 3 is 2.38 bits per heavy atom. The minimum atomic E-state index is -1.16. The van der Waals surface area contributed by atoms with Gasteiger partial charge in [-0.3, -0.25) is 0 Å². The summed E-state index contributed by atoms with van der Waals surface area (Å²) >= 11 is 0. The van der Waals surface area contributed by atoms with Gasteiger partial charge in [-0.05, 0) is 19.9 Å². The molecule has 0 bridgehead atoms. The molecule has 0 saturated heterocycles. The quantitative estimate of drug-likeness (QED) is 0.542. The number of rotatable bonds is 1. The van der Waals surface area contributed by atoms with Crippen molar-refractivity contribution in [2.45, 2.75) is 13.8 Å². The Bertz CT molecular complexity index is 334. The molecule has 3 nitrogen and oxygen atoms in total. The first kappa shape index (κ1) is 13.1. The van der Waals surface area contributed by atoms with Crippen LogP contribution < -0.4 is 56.5 Å². The van der Waals surface area contributed by atoms with Crippen molar-refractivity contribution in [1.82, 2.24) is 0 Å². The summed E-state index contributed by atoms with van der Waals surface area (Å²) in [5.41, 5.74) is 1.13. The average Bonchev–Trinajstić information content (AvgIpc) is 1.96. The third kappa shape index (κ3) is 3.07. The van der Waals surface area contributed by atoms with Crippen molar-refractivity contribution in [2.75, 3.05) is 0 Å². The molecule has 64 valence electrons. The van der Waals surface area contributed by atoms with Gasteiger partial charge in [0.2, 0.25) is 0 Å². The van der Waals surface area contributed by atoms with E-state index in [-0.39, 0.29) is 56.9 Å². The van der Waals surface area contributed by atoms with Crippen molar-refractivity contribution in [3.8, 4) is 5.75 Å². The number of carboxylic acid groups (broad SMARTS) is 1. The van der Waals surface area contributed by atoms with Crippen LogP contribution in [-0.2, 0) is 0 Å². The summed E-state index contributed by atoms with van der Waals surface area (Å²) in [5.74, 6) is -1.56. The van der Waals surface area contributed by atoms with Crippen LogP contribution in [0.25, 0.3) is 0 Å². The number of hydrogen-bond donors (Lipinski definition) is 1. The molecule has 1 N–H and O–H groups in total. The third-order valence-corrected chi connectivity index (χ3v) is 1.65. The standard InChI is InChI=1S/C9H10O3.K/c1-5-3-6(2)8(10)7(4-5)9(11)12;/h3-4,10H,1-2H3,(H,11,12);/q;+1/p-1. The molecule has 0 amide bonds. The molecule has 0 atom stereocenters. The largest absolute Gasteiger partial charge is 1.00 e. The van der Waals surface area contributed by atoms with Crippen LogP contribution in [0.2, 0.25) is 0 Å². The maximum absolute atomic E-state index is 11.2. The summed E-state index contributed by atoms with van der Waals surface area (Å²) < 4.78 is 0. The zero-order chi connectivity index (χ0) is 9.30. The van der Waals surface area contributed by atoms with Crippen LogP contribution in [0.4, 0.5) is 0 Å². The van der Waals surface area contributed by atoms with Crippen molar-refractivity contribution in [3.05, 3.63) is 28.8 Å². The van der Waals surface area contributed by atoms with Gasteiger partial charge >= 0.3 is 57.4 Å². The van der Waals surface area contributed by atoms with E-state index in [9.17, 15) is 9.90 Å². The fraction of sp³-hybridized carbons (Fsp3) is 0.222. The Morgan fingerprint density at radius 1 is 1.38 bits per heavy atom. The molecule has 1 aromatic carbocycles. The molecule has 0 heterocycles. The van der Waals surface area contributed by atoms with Crippen molar-refractivity contribution in [3.63, 3.8) is 0 Å². The van der Waals surface area contributed by atoms with Crippen LogP contribution in [0, 0.1) is 13.8 Å². The van der Waals surface area contributed by atoms with Crippen LogP contribution in [0.5, 0.6) is 5.75 Å². The fourth-order valence-corrected chi connectivity index (χ4v) is 1.11. The Balaban J connectivity index is 0.00000144. The smallest absolute Gasteiger partial charge is 0.872 e. The molecule has 0 aliphatic rings. The summed E-state index contributed by atoms with van der Waals surface area (Å²) in [6.45, 7) is 3.38. The molecule has 0 unspecified atom stereocenters. The Hall–Kier alpha value is 0.126. The second kappa shape index (κ2) is 5.12. The van der Waals surface area contributed by atoms with E-state index in [0.29, 0.717) is 5.56 Å². The summed E-state index contributed by atoms with van der Waals surface area (Å²) in [5, 5.41) is 19.8. The molecule has 0 aromatic heterocycles. The average molecular weight is 204 g/mol. The van der Waals surface area contributed by atoms with Gasteiger partial charge in [-0.15, -0.1) is 0 Å². The SMILES string of the molecule is Cc1cc(C)c([O-])c(C(=O)O)c1.[K+]. The molecule has 4 heteroatoms. The molecular formula is C9H9KO3. The molecule has 13 heavy (non-hydrogen) atoms. The normalized spacial score (nSPS) is 9.08. The third-order valence-electron chi connectivity index (χ3n) is 1.65. The van der Waals surface area contributed by atoms with Crippen LogP contribution >= 0.6 is 0 Å². The van der Waals surface area contributed by atoms with Gasteiger partial charge in [0, 0.05) is 0 Å². The van der Waals surface area contributed by atoms with Gasteiger partial charge in [0.15, 0.2) is 0 Å². The number of hydrogen-bond acceptors (Lipinski definition) is 2. The van der Waals surface area contributed by atoms with Crippen molar-refractivity contribution in [2.24, 2.45) is 0 Å². The Kier molecular flexibility index (Phi) is 5.17. The fourth-order valence-electron chi connectivity index (χ4n) is 1.11. The van der Waals surface area contributed by atoms with Gasteiger partial charge in [0.1, 0.15) is 0 Å². The number of carbonyl (C=O) groups is 1. The molecule has 0 aliphatic carbocycles. The molecule has 0 spiro atoms. The van der Waals surface area contributed by atoms with Crippen LogP contribution in [0.15, 0.2) is 12.1 Å². The monoisotopic (exact) mass is 204 g/mol. The number of aromatic carboxylic acids is 1. The topological polar surface area (TPSA) is 60.4 Å². The van der Waals surface area contributed by atoms with Crippen molar-refractivity contribution in [1.29, 1.82) is 0 Å². The summed E-state index contributed by atoms with van der Waals surface area (Å²) in [6.07, 6.45) is 0. The predicted molar refractivity (Wildman–Crippen MR) is 42.3 cm³/mol. The predicted octanol–water partition coefficient (Wildman–Crippen LogP) is -1.92. The maximum atomic E-state index is 11.2. The van der Waals surface area contributed by atoms with Gasteiger partial charge in [0.25, 0.3) is 0 Å². The summed E-state index contributed by atoms with van der Waals surface area (Å²) in [6, 6.07) is 3.06. The maximum Gasteiger partial charge on any atom is 1.00 e. The van der Waals surface area contributed by atoms with E-state index >= 15 is 0 Å². The summed E-state index contributed by atoms with van der Waals surface area (Å²) in [4.78, 5) is 10.5. The number of aryl methyl sites for hydroxylation is 2. The van der Waals surface area contributed by atoms with E-state index in [1.165, 1.54) is 6.07 Å². The first-order valence-electron chi connectivity index (χ1n) is 3.54. The number of benzene rings is 1. The molecule has 0 saturated carbocycles. The van der Waals surface area contributed by atoms with Crippen LogP contribution in [-0.4, -0.2) is 11.1 Å². The molecule has 1 rings (SSSR count). The first-order valence-corrected chi connectivity index (χ1v) is 3.54. The minimum absolute atomic E-state index is 0. The molecular weight excluding hydrogens is 195 g/mol. The Morgan fingerprint density at radius 2 is 1.92 bits per heavy atom. The van der Waals surface area contributed by atoms with Gasteiger partial charge < -0.3 is 10.2 Å². The van der Waals surface area contributed by atoms with E-state index in [2.05, 4.69) is 0 Å². The van der Waals surface area contributed by atoms with Crippen LogP contribution in [0.1, 0.15) is 21.5 Å². The molecule has 1 aromatic rings. The van der Waals surface area contributed by atoms with Gasteiger partial charge in [-0.25, -0.2) is 4.79 Å². The van der Waals surface area contributed by atoms with Gasteiger partial charge in [0.05, 0.1) is 5.56 Å². The zero-order valence-electron chi connectivity index (χ0n) is 7.92. The van der Waals surface area contributed by atoms with Gasteiger partial charge in [-0.2, -0.15) is 0 Å². The summed E-state index contributed by atoms with van der Waals surface area (Å²) in [7, 11) is 0. The molecule has 0 fully saturated rings. The number of carboxylic acids is 1. The van der Waals surface area contributed by atoms with Gasteiger partial charge in [-0.1, -0.05) is 22.9 Å². The van der Waals surface area contributed by atoms with Crippen molar-refractivity contribution >= 4 is 5.97 Å². The molecule has 0 radical (unpaired) electrons. The van der Waals surface area contributed by atoms with E-state index in [1.54, 1.807) is 19.9 Å². The van der Waals surface area contributed by atoms with Crippen LogP contribution in [0.3, 0.4) is 0 Å². The zero-order valence-corrected chi connectivity index (χ0v) is 11.0. The van der Waals surface area contributed by atoms with E-state index in [1.807, 2.05) is 0 Å².